The smallest absolute Gasteiger partial charge is 0.123 e. The molecule has 2 rings (SSSR count). The van der Waals surface area contributed by atoms with E-state index in [0.29, 0.717) is 0 Å². The Labute approximate surface area is 101 Å². The maximum atomic E-state index is 13.2. The van der Waals surface area contributed by atoms with Gasteiger partial charge in [-0.05, 0) is 42.8 Å². The standard InChI is InChI=1S/C14H15FN2/c1-10-6-12(9-17-8-10)14(16-2)11-4-3-5-13(15)7-11/h3-9,14,16H,1-2H3. The van der Waals surface area contributed by atoms with Crippen molar-refractivity contribution < 1.29 is 4.39 Å². The summed E-state index contributed by atoms with van der Waals surface area (Å²) in [6, 6.07) is 8.65. The molecule has 0 amide bonds. The quantitative estimate of drug-likeness (QED) is 0.877. The molecule has 2 nitrogen and oxygen atoms in total. The SMILES string of the molecule is CNC(c1cncc(C)c1)c1cccc(F)c1. The minimum Gasteiger partial charge on any atom is -0.309 e. The highest BCUT2D eigenvalue weighted by molar-refractivity contribution is 5.31. The summed E-state index contributed by atoms with van der Waals surface area (Å²) in [5.74, 6) is -0.219. The maximum absolute atomic E-state index is 13.2. The van der Waals surface area contributed by atoms with Crippen molar-refractivity contribution in [3.8, 4) is 0 Å². The normalized spacial score (nSPS) is 12.4. The van der Waals surface area contributed by atoms with E-state index in [4.69, 9.17) is 0 Å². The highest BCUT2D eigenvalue weighted by atomic mass is 19.1. The molecule has 1 atom stereocenters. The zero-order chi connectivity index (χ0) is 12.3. The Morgan fingerprint density at radius 2 is 2.00 bits per heavy atom. The van der Waals surface area contributed by atoms with E-state index in [1.807, 2.05) is 26.2 Å². The lowest BCUT2D eigenvalue weighted by Gasteiger charge is -2.17. The molecular weight excluding hydrogens is 215 g/mol. The van der Waals surface area contributed by atoms with Gasteiger partial charge in [-0.1, -0.05) is 18.2 Å². The Morgan fingerprint density at radius 3 is 2.65 bits per heavy atom. The second-order valence-electron chi connectivity index (χ2n) is 4.07. The van der Waals surface area contributed by atoms with Gasteiger partial charge in [-0.25, -0.2) is 4.39 Å². The third-order valence-corrected chi connectivity index (χ3v) is 2.70. The highest BCUT2D eigenvalue weighted by Crippen LogP contribution is 2.22. The molecular formula is C14H15FN2. The first kappa shape index (κ1) is 11.7. The molecule has 1 aromatic heterocycles. The Morgan fingerprint density at radius 1 is 1.18 bits per heavy atom. The van der Waals surface area contributed by atoms with Crippen LogP contribution in [0, 0.1) is 12.7 Å². The predicted molar refractivity (Wildman–Crippen MR) is 66.3 cm³/mol. The van der Waals surface area contributed by atoms with Crippen LogP contribution in [0.1, 0.15) is 22.7 Å². The summed E-state index contributed by atoms with van der Waals surface area (Å²) in [4.78, 5) is 4.17. The number of nitrogens with one attached hydrogen (secondary N) is 1. The van der Waals surface area contributed by atoms with E-state index >= 15 is 0 Å². The molecule has 1 heterocycles. The van der Waals surface area contributed by atoms with Gasteiger partial charge in [0.25, 0.3) is 0 Å². The number of halogens is 1. The van der Waals surface area contributed by atoms with Gasteiger partial charge in [0.05, 0.1) is 6.04 Å². The largest absolute Gasteiger partial charge is 0.309 e. The van der Waals surface area contributed by atoms with E-state index in [0.717, 1.165) is 16.7 Å². The van der Waals surface area contributed by atoms with E-state index in [-0.39, 0.29) is 11.9 Å². The van der Waals surface area contributed by atoms with Crippen LogP contribution >= 0.6 is 0 Å². The minimum absolute atomic E-state index is 0.0295. The van der Waals surface area contributed by atoms with Crippen LogP contribution in [0.5, 0.6) is 0 Å². The number of rotatable bonds is 3. The van der Waals surface area contributed by atoms with Crippen molar-refractivity contribution in [3.05, 3.63) is 65.2 Å². The molecule has 0 bridgehead atoms. The van der Waals surface area contributed by atoms with Crippen molar-refractivity contribution in [1.82, 2.24) is 10.3 Å². The Hall–Kier alpha value is -1.74. The number of nitrogens with zero attached hydrogens (tertiary/aromatic N) is 1. The van der Waals surface area contributed by atoms with Gasteiger partial charge in [0, 0.05) is 12.4 Å². The number of aromatic nitrogens is 1. The first-order valence-electron chi connectivity index (χ1n) is 5.55. The lowest BCUT2D eigenvalue weighted by Crippen LogP contribution is -2.18. The van der Waals surface area contributed by atoms with Crippen LogP contribution in [0.15, 0.2) is 42.7 Å². The van der Waals surface area contributed by atoms with Gasteiger partial charge in [-0.3, -0.25) is 4.98 Å². The lowest BCUT2D eigenvalue weighted by molar-refractivity contribution is 0.616. The molecule has 1 N–H and O–H groups in total. The monoisotopic (exact) mass is 230 g/mol. The number of aryl methyl sites for hydroxylation is 1. The third-order valence-electron chi connectivity index (χ3n) is 2.70. The molecule has 0 saturated heterocycles. The highest BCUT2D eigenvalue weighted by Gasteiger charge is 2.12. The first-order valence-corrected chi connectivity index (χ1v) is 5.55. The van der Waals surface area contributed by atoms with Gasteiger partial charge in [-0.15, -0.1) is 0 Å². The van der Waals surface area contributed by atoms with Crippen molar-refractivity contribution in [2.45, 2.75) is 13.0 Å². The molecule has 0 aliphatic heterocycles. The second kappa shape index (κ2) is 5.06. The molecule has 3 heteroatoms. The summed E-state index contributed by atoms with van der Waals surface area (Å²) in [5.41, 5.74) is 3.04. The molecule has 88 valence electrons. The third kappa shape index (κ3) is 2.68. The summed E-state index contributed by atoms with van der Waals surface area (Å²) in [7, 11) is 1.86. The van der Waals surface area contributed by atoms with Crippen LogP contribution < -0.4 is 5.32 Å². The van der Waals surface area contributed by atoms with Crippen molar-refractivity contribution in [2.24, 2.45) is 0 Å². The number of pyridine rings is 1. The molecule has 0 aliphatic carbocycles. The van der Waals surface area contributed by atoms with Gasteiger partial charge in [0.15, 0.2) is 0 Å². The molecule has 0 fully saturated rings. The maximum Gasteiger partial charge on any atom is 0.123 e. The summed E-state index contributed by atoms with van der Waals surface area (Å²) in [5, 5.41) is 3.18. The topological polar surface area (TPSA) is 24.9 Å². The fourth-order valence-corrected chi connectivity index (χ4v) is 1.95. The zero-order valence-electron chi connectivity index (χ0n) is 9.94. The fraction of sp³-hybridized carbons (Fsp3) is 0.214. The van der Waals surface area contributed by atoms with Gasteiger partial charge >= 0.3 is 0 Å². The number of hydrogen-bond donors (Lipinski definition) is 1. The van der Waals surface area contributed by atoms with Gasteiger partial charge in [-0.2, -0.15) is 0 Å². The molecule has 0 radical (unpaired) electrons. The average Bonchev–Trinajstić information content (AvgIpc) is 2.30. The van der Waals surface area contributed by atoms with E-state index in [9.17, 15) is 4.39 Å². The molecule has 0 saturated carbocycles. The van der Waals surface area contributed by atoms with E-state index in [1.54, 1.807) is 18.3 Å². The van der Waals surface area contributed by atoms with Gasteiger partial charge < -0.3 is 5.32 Å². The predicted octanol–water partition coefficient (Wildman–Crippen LogP) is 2.84. The summed E-state index contributed by atoms with van der Waals surface area (Å²) >= 11 is 0. The Balaban J connectivity index is 2.40. The van der Waals surface area contributed by atoms with E-state index < -0.39 is 0 Å². The summed E-state index contributed by atoms with van der Waals surface area (Å²) in [6.07, 6.45) is 3.61. The average molecular weight is 230 g/mol. The van der Waals surface area contributed by atoms with Crippen LogP contribution in [0.3, 0.4) is 0 Å². The van der Waals surface area contributed by atoms with Crippen LogP contribution in [-0.2, 0) is 0 Å². The second-order valence-corrected chi connectivity index (χ2v) is 4.07. The number of hydrogen-bond acceptors (Lipinski definition) is 2. The van der Waals surface area contributed by atoms with Crippen LogP contribution in [-0.4, -0.2) is 12.0 Å². The van der Waals surface area contributed by atoms with Crippen LogP contribution in [0.2, 0.25) is 0 Å². The first-order chi connectivity index (χ1) is 8.20. The molecule has 1 aromatic carbocycles. The summed E-state index contributed by atoms with van der Waals surface area (Å²) < 4.78 is 13.2. The zero-order valence-corrected chi connectivity index (χ0v) is 9.94. The van der Waals surface area contributed by atoms with Crippen molar-refractivity contribution in [3.63, 3.8) is 0 Å². The molecule has 17 heavy (non-hydrogen) atoms. The minimum atomic E-state index is -0.219. The van der Waals surface area contributed by atoms with Crippen LogP contribution in [0.4, 0.5) is 4.39 Å². The van der Waals surface area contributed by atoms with E-state index in [2.05, 4.69) is 16.4 Å². The molecule has 0 aliphatic rings. The molecule has 2 aromatic rings. The number of benzene rings is 1. The van der Waals surface area contributed by atoms with Crippen molar-refractivity contribution in [1.29, 1.82) is 0 Å². The molecule has 0 spiro atoms. The van der Waals surface area contributed by atoms with Gasteiger partial charge in [0.1, 0.15) is 5.82 Å². The molecule has 1 unspecified atom stereocenters. The van der Waals surface area contributed by atoms with Crippen molar-refractivity contribution >= 4 is 0 Å². The Bertz CT molecular complexity index is 466. The fourth-order valence-electron chi connectivity index (χ4n) is 1.95. The van der Waals surface area contributed by atoms with Crippen molar-refractivity contribution in [2.75, 3.05) is 7.05 Å². The Kier molecular flexibility index (Phi) is 3.49. The summed E-state index contributed by atoms with van der Waals surface area (Å²) in [6.45, 7) is 1.99. The van der Waals surface area contributed by atoms with Gasteiger partial charge in [0.2, 0.25) is 0 Å². The van der Waals surface area contributed by atoms with E-state index in [1.165, 1.54) is 6.07 Å². The van der Waals surface area contributed by atoms with Crippen LogP contribution in [0.25, 0.3) is 0 Å². The lowest BCUT2D eigenvalue weighted by atomic mass is 9.99.